The van der Waals surface area contributed by atoms with Crippen LogP contribution in [0, 0.1) is 0 Å². The number of hydrogen-bond donors (Lipinski definition) is 1. The van der Waals surface area contributed by atoms with E-state index in [9.17, 15) is 0 Å². The van der Waals surface area contributed by atoms with Crippen LogP contribution in [-0.4, -0.2) is 13.6 Å². The van der Waals surface area contributed by atoms with Gasteiger partial charge in [-0.2, -0.15) is 0 Å². The van der Waals surface area contributed by atoms with Gasteiger partial charge in [0.25, 0.3) is 0 Å². The van der Waals surface area contributed by atoms with E-state index in [1.165, 1.54) is 23.2 Å². The van der Waals surface area contributed by atoms with Crippen LogP contribution in [0.3, 0.4) is 0 Å². The number of fused-ring (bicyclic) bond motifs is 1. The summed E-state index contributed by atoms with van der Waals surface area (Å²) < 4.78 is 0. The van der Waals surface area contributed by atoms with E-state index in [4.69, 9.17) is 0 Å². The number of thiophene rings is 1. The second-order valence-corrected chi connectivity index (χ2v) is 6.76. The Balaban J connectivity index is 1.82. The molecule has 1 aromatic heterocycles. The van der Waals surface area contributed by atoms with Gasteiger partial charge in [0, 0.05) is 23.2 Å². The number of nitrogens with zero attached hydrogens (tertiary/aromatic N) is 1. The van der Waals surface area contributed by atoms with Crippen LogP contribution in [0.25, 0.3) is 0 Å². The second kappa shape index (κ2) is 6.20. The first-order chi connectivity index (χ1) is 10.2. The predicted octanol–water partition coefficient (Wildman–Crippen LogP) is 4.54. The lowest BCUT2D eigenvalue weighted by Gasteiger charge is -2.35. The minimum Gasteiger partial charge on any atom is -0.364 e. The number of benzene rings is 1. The highest BCUT2D eigenvalue weighted by molar-refractivity contribution is 7.10. The maximum atomic E-state index is 3.37. The van der Waals surface area contributed by atoms with Crippen molar-refractivity contribution in [1.82, 2.24) is 5.32 Å². The predicted molar refractivity (Wildman–Crippen MR) is 92.3 cm³/mol. The zero-order valence-corrected chi connectivity index (χ0v) is 13.9. The first kappa shape index (κ1) is 14.6. The smallest absolute Gasteiger partial charge is 0.0525 e. The Morgan fingerprint density at radius 3 is 2.71 bits per heavy atom. The largest absolute Gasteiger partial charge is 0.364 e. The van der Waals surface area contributed by atoms with Gasteiger partial charge in [0.05, 0.1) is 6.04 Å². The van der Waals surface area contributed by atoms with Gasteiger partial charge in [0.1, 0.15) is 0 Å². The molecular formula is C18H24N2S. The van der Waals surface area contributed by atoms with Crippen LogP contribution in [0.5, 0.6) is 0 Å². The van der Waals surface area contributed by atoms with Crippen LogP contribution >= 0.6 is 11.3 Å². The van der Waals surface area contributed by atoms with E-state index in [1.54, 1.807) is 4.88 Å². The first-order valence-electron chi connectivity index (χ1n) is 7.84. The Hall–Kier alpha value is -1.32. The summed E-state index contributed by atoms with van der Waals surface area (Å²) in [5.74, 6) is 0. The van der Waals surface area contributed by atoms with Crippen molar-refractivity contribution in [2.24, 2.45) is 0 Å². The summed E-state index contributed by atoms with van der Waals surface area (Å²) in [6.45, 7) is 5.66. The molecule has 0 spiro atoms. The van der Waals surface area contributed by atoms with E-state index in [0.29, 0.717) is 12.1 Å². The molecule has 2 aromatic rings. The molecule has 0 amide bonds. The van der Waals surface area contributed by atoms with Crippen LogP contribution < -0.4 is 10.2 Å². The fourth-order valence-electron chi connectivity index (χ4n) is 3.37. The van der Waals surface area contributed by atoms with Gasteiger partial charge in [-0.25, -0.2) is 0 Å². The zero-order chi connectivity index (χ0) is 14.8. The molecule has 0 aliphatic carbocycles. The van der Waals surface area contributed by atoms with Gasteiger partial charge in [-0.05, 0) is 61.5 Å². The lowest BCUT2D eigenvalue weighted by molar-refractivity contribution is 0.576. The topological polar surface area (TPSA) is 15.3 Å². The van der Waals surface area contributed by atoms with Gasteiger partial charge in [0.2, 0.25) is 0 Å². The molecule has 3 rings (SSSR count). The van der Waals surface area contributed by atoms with Crippen molar-refractivity contribution in [2.75, 3.05) is 18.5 Å². The number of rotatable bonds is 4. The normalized spacial score (nSPS) is 19.4. The fourth-order valence-corrected chi connectivity index (χ4v) is 4.33. The monoisotopic (exact) mass is 300 g/mol. The quantitative estimate of drug-likeness (QED) is 0.891. The highest BCUT2D eigenvalue weighted by Gasteiger charge is 2.24. The minimum atomic E-state index is 0.460. The van der Waals surface area contributed by atoms with Gasteiger partial charge in [0.15, 0.2) is 0 Å². The Labute approximate surface area is 131 Å². The Morgan fingerprint density at radius 2 is 2.05 bits per heavy atom. The van der Waals surface area contributed by atoms with E-state index in [0.717, 1.165) is 13.0 Å². The lowest BCUT2D eigenvalue weighted by atomic mass is 9.99. The van der Waals surface area contributed by atoms with E-state index in [1.807, 2.05) is 18.4 Å². The highest BCUT2D eigenvalue weighted by Crippen LogP contribution is 2.36. The zero-order valence-electron chi connectivity index (χ0n) is 13.1. The molecule has 0 saturated heterocycles. The van der Waals surface area contributed by atoms with Gasteiger partial charge >= 0.3 is 0 Å². The molecule has 2 unspecified atom stereocenters. The van der Waals surface area contributed by atoms with Crippen LogP contribution in [0.4, 0.5) is 5.69 Å². The highest BCUT2D eigenvalue weighted by atomic mass is 32.1. The number of nitrogens with one attached hydrogen (secondary N) is 1. The van der Waals surface area contributed by atoms with Crippen molar-refractivity contribution in [1.29, 1.82) is 0 Å². The third kappa shape index (κ3) is 2.72. The summed E-state index contributed by atoms with van der Waals surface area (Å²) in [5.41, 5.74) is 4.23. The average molecular weight is 300 g/mol. The standard InChI is InChI=1S/C18H24N2S/c1-4-17(19-3)14-5-7-15(8-6-14)20-11-9-18-16(13(20)2)10-12-21-18/h5-8,10,12-13,17,19H,4,9,11H2,1-3H3. The maximum absolute atomic E-state index is 3.37. The molecule has 21 heavy (non-hydrogen) atoms. The van der Waals surface area contributed by atoms with Crippen LogP contribution in [0.15, 0.2) is 35.7 Å². The molecule has 1 aliphatic heterocycles. The van der Waals surface area contributed by atoms with Crippen molar-refractivity contribution in [2.45, 2.75) is 38.8 Å². The molecule has 1 aliphatic rings. The van der Waals surface area contributed by atoms with Crippen LogP contribution in [0.2, 0.25) is 0 Å². The second-order valence-electron chi connectivity index (χ2n) is 5.76. The maximum Gasteiger partial charge on any atom is 0.0525 e. The van der Waals surface area contributed by atoms with E-state index in [2.05, 4.69) is 59.8 Å². The molecule has 0 saturated carbocycles. The van der Waals surface area contributed by atoms with Crippen molar-refractivity contribution >= 4 is 17.0 Å². The molecule has 1 N–H and O–H groups in total. The molecule has 1 aromatic carbocycles. The van der Waals surface area contributed by atoms with Crippen molar-refractivity contribution < 1.29 is 0 Å². The molecule has 2 atom stereocenters. The Kier molecular flexibility index (Phi) is 4.32. The number of anilines is 1. The fraction of sp³-hybridized carbons (Fsp3) is 0.444. The van der Waals surface area contributed by atoms with Crippen LogP contribution in [-0.2, 0) is 6.42 Å². The molecule has 0 bridgehead atoms. The Morgan fingerprint density at radius 1 is 1.29 bits per heavy atom. The third-order valence-electron chi connectivity index (χ3n) is 4.66. The summed E-state index contributed by atoms with van der Waals surface area (Å²) in [6, 6.07) is 12.3. The molecule has 112 valence electrons. The minimum absolute atomic E-state index is 0.460. The molecule has 0 fully saturated rings. The third-order valence-corrected chi connectivity index (χ3v) is 5.66. The SMILES string of the molecule is CCC(NC)c1ccc(N2CCc3sccc3C2C)cc1. The van der Waals surface area contributed by atoms with Gasteiger partial charge in [-0.1, -0.05) is 19.1 Å². The average Bonchev–Trinajstić information content (AvgIpc) is 2.99. The Bertz CT molecular complexity index is 584. The summed E-state index contributed by atoms with van der Waals surface area (Å²) in [7, 11) is 2.03. The molecule has 2 nitrogen and oxygen atoms in total. The van der Waals surface area contributed by atoms with Gasteiger partial charge in [-0.15, -0.1) is 11.3 Å². The summed E-state index contributed by atoms with van der Waals surface area (Å²) in [4.78, 5) is 4.09. The molecule has 2 heterocycles. The lowest BCUT2D eigenvalue weighted by Crippen LogP contribution is -2.33. The number of hydrogen-bond acceptors (Lipinski definition) is 3. The van der Waals surface area contributed by atoms with Crippen molar-refractivity contribution in [3.05, 3.63) is 51.7 Å². The molecular weight excluding hydrogens is 276 g/mol. The van der Waals surface area contributed by atoms with E-state index < -0.39 is 0 Å². The van der Waals surface area contributed by atoms with Crippen LogP contribution in [0.1, 0.15) is 48.4 Å². The summed E-state index contributed by atoms with van der Waals surface area (Å²) >= 11 is 1.90. The summed E-state index contributed by atoms with van der Waals surface area (Å²) in [5, 5.41) is 5.60. The summed E-state index contributed by atoms with van der Waals surface area (Å²) in [6.07, 6.45) is 2.29. The molecule has 0 radical (unpaired) electrons. The molecule has 3 heteroatoms. The van der Waals surface area contributed by atoms with Crippen molar-refractivity contribution in [3.8, 4) is 0 Å². The first-order valence-corrected chi connectivity index (χ1v) is 8.72. The van der Waals surface area contributed by atoms with E-state index in [-0.39, 0.29) is 0 Å². The van der Waals surface area contributed by atoms with Gasteiger partial charge < -0.3 is 10.2 Å². The van der Waals surface area contributed by atoms with E-state index >= 15 is 0 Å². The van der Waals surface area contributed by atoms with Gasteiger partial charge in [-0.3, -0.25) is 0 Å². The van der Waals surface area contributed by atoms with Crippen molar-refractivity contribution in [3.63, 3.8) is 0 Å².